The van der Waals surface area contributed by atoms with E-state index < -0.39 is 0 Å². The van der Waals surface area contributed by atoms with Crippen molar-refractivity contribution in [2.45, 2.75) is 6.61 Å². The predicted octanol–water partition coefficient (Wildman–Crippen LogP) is 3.61. The zero-order chi connectivity index (χ0) is 15.2. The van der Waals surface area contributed by atoms with E-state index in [1.807, 2.05) is 6.07 Å². The molecule has 0 radical (unpaired) electrons. The molecule has 0 spiro atoms. The molecular formula is C16H12ClNO3. The van der Waals surface area contributed by atoms with E-state index in [2.05, 4.69) is 0 Å². The van der Waals surface area contributed by atoms with Gasteiger partial charge in [0.2, 0.25) is 0 Å². The van der Waals surface area contributed by atoms with Crippen molar-refractivity contribution in [2.24, 2.45) is 0 Å². The molecule has 0 fully saturated rings. The average molecular weight is 302 g/mol. The molecule has 21 heavy (non-hydrogen) atoms. The molecule has 0 amide bonds. The largest absolute Gasteiger partial charge is 0.493 e. The van der Waals surface area contributed by atoms with Gasteiger partial charge in [0, 0.05) is 16.1 Å². The molecular weight excluding hydrogens is 290 g/mol. The lowest BCUT2D eigenvalue weighted by molar-refractivity contribution is 0.112. The maximum Gasteiger partial charge on any atom is 0.161 e. The molecule has 0 N–H and O–H groups in total. The van der Waals surface area contributed by atoms with Crippen LogP contribution in [0.15, 0.2) is 36.4 Å². The Morgan fingerprint density at radius 2 is 2.05 bits per heavy atom. The third kappa shape index (κ3) is 3.53. The zero-order valence-electron chi connectivity index (χ0n) is 11.3. The van der Waals surface area contributed by atoms with Crippen LogP contribution in [0.3, 0.4) is 0 Å². The highest BCUT2D eigenvalue weighted by atomic mass is 35.5. The summed E-state index contributed by atoms with van der Waals surface area (Å²) in [7, 11) is 1.51. The maximum absolute atomic E-state index is 10.7. The van der Waals surface area contributed by atoms with Crippen molar-refractivity contribution < 1.29 is 14.3 Å². The molecule has 0 saturated carbocycles. The molecule has 0 bridgehead atoms. The van der Waals surface area contributed by atoms with Crippen LogP contribution < -0.4 is 9.47 Å². The van der Waals surface area contributed by atoms with Crippen LogP contribution in [-0.4, -0.2) is 13.4 Å². The van der Waals surface area contributed by atoms with Crippen LogP contribution in [0, 0.1) is 11.3 Å². The third-order valence-electron chi connectivity index (χ3n) is 2.89. The van der Waals surface area contributed by atoms with Gasteiger partial charge < -0.3 is 9.47 Å². The number of benzene rings is 2. The topological polar surface area (TPSA) is 59.3 Å². The minimum atomic E-state index is 0.237. The summed E-state index contributed by atoms with van der Waals surface area (Å²) in [6.45, 7) is 0.237. The monoisotopic (exact) mass is 301 g/mol. The number of aldehydes is 1. The van der Waals surface area contributed by atoms with Crippen LogP contribution in [0.4, 0.5) is 0 Å². The number of nitrogens with zero attached hydrogens (tertiary/aromatic N) is 1. The Morgan fingerprint density at radius 1 is 1.24 bits per heavy atom. The van der Waals surface area contributed by atoms with Crippen molar-refractivity contribution >= 4 is 17.9 Å². The first-order valence-corrected chi connectivity index (χ1v) is 6.50. The highest BCUT2D eigenvalue weighted by Gasteiger charge is 2.08. The Bertz CT molecular complexity index is 707. The summed E-state index contributed by atoms with van der Waals surface area (Å²) in [4.78, 5) is 10.7. The Labute approximate surface area is 127 Å². The average Bonchev–Trinajstić information content (AvgIpc) is 2.53. The predicted molar refractivity (Wildman–Crippen MR) is 78.9 cm³/mol. The molecule has 0 aliphatic carbocycles. The molecule has 0 aliphatic heterocycles. The van der Waals surface area contributed by atoms with E-state index in [0.29, 0.717) is 27.6 Å². The fraction of sp³-hybridized carbons (Fsp3) is 0.125. The fourth-order valence-electron chi connectivity index (χ4n) is 1.77. The lowest BCUT2D eigenvalue weighted by Gasteiger charge is -2.12. The summed E-state index contributed by atoms with van der Waals surface area (Å²) in [5.41, 5.74) is 1.77. The fourth-order valence-corrected chi connectivity index (χ4v) is 2.00. The molecule has 0 aromatic heterocycles. The van der Waals surface area contributed by atoms with E-state index in [9.17, 15) is 4.79 Å². The van der Waals surface area contributed by atoms with E-state index in [4.69, 9.17) is 26.3 Å². The Balaban J connectivity index is 2.16. The summed E-state index contributed by atoms with van der Waals surface area (Å²) in [5, 5.41) is 9.26. The minimum Gasteiger partial charge on any atom is -0.493 e. The Hall–Kier alpha value is -2.51. The van der Waals surface area contributed by atoms with Crippen LogP contribution in [0.2, 0.25) is 5.02 Å². The van der Waals surface area contributed by atoms with E-state index in [-0.39, 0.29) is 6.61 Å². The second-order valence-electron chi connectivity index (χ2n) is 4.23. The molecule has 2 rings (SSSR count). The first-order valence-electron chi connectivity index (χ1n) is 6.12. The van der Waals surface area contributed by atoms with Crippen molar-refractivity contribution in [3.63, 3.8) is 0 Å². The van der Waals surface area contributed by atoms with Gasteiger partial charge >= 0.3 is 0 Å². The summed E-state index contributed by atoms with van der Waals surface area (Å²) < 4.78 is 10.8. The van der Waals surface area contributed by atoms with E-state index in [1.54, 1.807) is 36.4 Å². The molecule has 5 heteroatoms. The third-order valence-corrected chi connectivity index (χ3v) is 3.24. The van der Waals surface area contributed by atoms with Gasteiger partial charge in [-0.3, -0.25) is 4.79 Å². The molecule has 0 aliphatic rings. The van der Waals surface area contributed by atoms with Crippen molar-refractivity contribution in [3.05, 3.63) is 58.1 Å². The number of nitriles is 1. The van der Waals surface area contributed by atoms with Crippen molar-refractivity contribution in [3.8, 4) is 17.6 Å². The van der Waals surface area contributed by atoms with Crippen LogP contribution in [0.1, 0.15) is 21.5 Å². The van der Waals surface area contributed by atoms with Gasteiger partial charge in [-0.15, -0.1) is 0 Å². The van der Waals surface area contributed by atoms with Gasteiger partial charge in [-0.25, -0.2) is 0 Å². The summed E-state index contributed by atoms with van der Waals surface area (Å²) in [6.07, 6.45) is 0.740. The van der Waals surface area contributed by atoms with Crippen LogP contribution in [0.25, 0.3) is 0 Å². The summed E-state index contributed by atoms with van der Waals surface area (Å²) in [6, 6.07) is 11.9. The lowest BCUT2D eigenvalue weighted by atomic mass is 10.1. The number of hydrogen-bond donors (Lipinski definition) is 0. The summed E-state index contributed by atoms with van der Waals surface area (Å²) >= 11 is 6.09. The van der Waals surface area contributed by atoms with Crippen molar-refractivity contribution in [1.29, 1.82) is 5.26 Å². The van der Waals surface area contributed by atoms with Gasteiger partial charge in [0.25, 0.3) is 0 Å². The first-order chi connectivity index (χ1) is 10.2. The highest BCUT2D eigenvalue weighted by Crippen LogP contribution is 2.29. The number of ether oxygens (including phenoxy) is 2. The molecule has 0 unspecified atom stereocenters. The Morgan fingerprint density at radius 3 is 2.67 bits per heavy atom. The number of halogens is 1. The summed E-state index contributed by atoms with van der Waals surface area (Å²) in [5.74, 6) is 0.993. The normalized spacial score (nSPS) is 9.76. The Kier molecular flexibility index (Phi) is 4.81. The molecule has 106 valence electrons. The number of methoxy groups -OCH3 is 1. The van der Waals surface area contributed by atoms with Crippen LogP contribution in [0.5, 0.6) is 11.5 Å². The van der Waals surface area contributed by atoms with E-state index in [0.717, 1.165) is 11.8 Å². The quantitative estimate of drug-likeness (QED) is 0.792. The molecule has 0 saturated heterocycles. The molecule has 2 aromatic rings. The van der Waals surface area contributed by atoms with Gasteiger partial charge in [0.15, 0.2) is 11.5 Å². The number of hydrogen-bond acceptors (Lipinski definition) is 4. The lowest BCUT2D eigenvalue weighted by Crippen LogP contribution is -1.99. The van der Waals surface area contributed by atoms with Crippen LogP contribution >= 0.6 is 11.6 Å². The highest BCUT2D eigenvalue weighted by molar-refractivity contribution is 6.31. The first kappa shape index (κ1) is 14.9. The van der Waals surface area contributed by atoms with Crippen LogP contribution in [-0.2, 0) is 6.61 Å². The molecule has 4 nitrogen and oxygen atoms in total. The van der Waals surface area contributed by atoms with Gasteiger partial charge in [-0.2, -0.15) is 5.26 Å². The second kappa shape index (κ2) is 6.78. The van der Waals surface area contributed by atoms with E-state index >= 15 is 0 Å². The van der Waals surface area contributed by atoms with Crippen molar-refractivity contribution in [1.82, 2.24) is 0 Å². The number of carbonyl (C=O) groups excluding carboxylic acids is 1. The minimum absolute atomic E-state index is 0.237. The van der Waals surface area contributed by atoms with Crippen molar-refractivity contribution in [2.75, 3.05) is 7.11 Å². The van der Waals surface area contributed by atoms with Gasteiger partial charge in [-0.1, -0.05) is 17.7 Å². The smallest absolute Gasteiger partial charge is 0.161 e. The molecule has 0 atom stereocenters. The molecule has 2 aromatic carbocycles. The zero-order valence-corrected chi connectivity index (χ0v) is 12.1. The van der Waals surface area contributed by atoms with Gasteiger partial charge in [-0.05, 0) is 30.3 Å². The maximum atomic E-state index is 10.7. The standard InChI is InChI=1S/C16H12ClNO3/c1-20-16-7-12(9-19)3-5-15(16)21-10-13-4-2-11(8-18)6-14(13)17/h2-7,9H,10H2,1H3. The SMILES string of the molecule is COc1cc(C=O)ccc1OCc1ccc(C#N)cc1Cl. The van der Waals surface area contributed by atoms with Gasteiger partial charge in [0.05, 0.1) is 18.7 Å². The van der Waals surface area contributed by atoms with E-state index in [1.165, 1.54) is 7.11 Å². The second-order valence-corrected chi connectivity index (χ2v) is 4.64. The number of carbonyl (C=O) groups is 1. The molecule has 0 heterocycles. The number of rotatable bonds is 5. The van der Waals surface area contributed by atoms with Gasteiger partial charge in [0.1, 0.15) is 12.9 Å².